The zero-order chi connectivity index (χ0) is 28.6. The molecule has 0 saturated carbocycles. The predicted molar refractivity (Wildman–Crippen MR) is 158 cm³/mol. The number of fused-ring (bicyclic) bond motifs is 1. The number of hydrogen-bond acceptors (Lipinski definition) is 4. The summed E-state index contributed by atoms with van der Waals surface area (Å²) < 4.78 is 19.3. The van der Waals surface area contributed by atoms with E-state index in [1.807, 2.05) is 44.8 Å². The Kier molecular flexibility index (Phi) is 5.72. The number of aromatic nitrogens is 3. The molecule has 4 aliphatic heterocycles. The molecule has 0 aliphatic carbocycles. The van der Waals surface area contributed by atoms with Crippen LogP contribution >= 0.6 is 0 Å². The van der Waals surface area contributed by atoms with Crippen LogP contribution in [-0.2, 0) is 17.9 Å². The number of nitrogens with zero attached hydrogens (tertiary/aromatic N) is 6. The summed E-state index contributed by atoms with van der Waals surface area (Å²) in [6, 6.07) is 8.91. The summed E-state index contributed by atoms with van der Waals surface area (Å²) in [5.41, 5.74) is 5.63. The Morgan fingerprint density at radius 1 is 1.05 bits per heavy atom. The summed E-state index contributed by atoms with van der Waals surface area (Å²) in [6.45, 7) is 5.57. The molecule has 0 radical (unpaired) electrons. The number of imidazole rings is 1. The predicted octanol–water partition coefficient (Wildman–Crippen LogP) is 3.82. The fourth-order valence-electron chi connectivity index (χ4n) is 7.60. The number of carbonyl (C=O) groups excluding carboxylic acids is 2. The van der Waals surface area contributed by atoms with E-state index in [4.69, 9.17) is 0 Å². The molecule has 1 N–H and O–H groups in total. The number of rotatable bonds is 2. The maximum Gasteiger partial charge on any atom is 0.320 e. The van der Waals surface area contributed by atoms with Crippen LogP contribution in [0.4, 0.5) is 9.18 Å². The molecule has 10 heteroatoms. The van der Waals surface area contributed by atoms with Crippen molar-refractivity contribution in [1.29, 1.82) is 0 Å². The quantitative estimate of drug-likeness (QED) is 0.400. The minimum atomic E-state index is -0.368. The van der Waals surface area contributed by atoms with Crippen LogP contribution in [0.25, 0.3) is 27.7 Å². The van der Waals surface area contributed by atoms with Gasteiger partial charge in [0, 0.05) is 68.2 Å². The zero-order valence-electron chi connectivity index (χ0n) is 23.8. The van der Waals surface area contributed by atoms with Crippen molar-refractivity contribution in [3.8, 4) is 0 Å². The molecule has 42 heavy (non-hydrogen) atoms. The molecule has 0 bridgehead atoms. The number of hydrogen-bond donors (Lipinski definition) is 1. The van der Waals surface area contributed by atoms with E-state index in [0.29, 0.717) is 42.7 Å². The van der Waals surface area contributed by atoms with Gasteiger partial charge in [0.15, 0.2) is 0 Å². The van der Waals surface area contributed by atoms with E-state index in [2.05, 4.69) is 26.8 Å². The van der Waals surface area contributed by atoms with Crippen molar-refractivity contribution in [2.24, 2.45) is 5.41 Å². The van der Waals surface area contributed by atoms with Gasteiger partial charge in [-0.15, -0.1) is 0 Å². The van der Waals surface area contributed by atoms with Crippen LogP contribution in [0.5, 0.6) is 0 Å². The maximum atomic E-state index is 15.2. The van der Waals surface area contributed by atoms with E-state index < -0.39 is 0 Å². The Morgan fingerprint density at radius 2 is 1.88 bits per heavy atom. The van der Waals surface area contributed by atoms with E-state index in [1.54, 1.807) is 12.3 Å². The van der Waals surface area contributed by atoms with Crippen molar-refractivity contribution in [2.45, 2.75) is 32.4 Å². The molecule has 2 fully saturated rings. The average molecular weight is 568 g/mol. The highest BCUT2D eigenvalue weighted by atomic mass is 19.1. The van der Waals surface area contributed by atoms with Gasteiger partial charge in [0.05, 0.1) is 23.0 Å². The first-order valence-corrected chi connectivity index (χ1v) is 14.9. The second-order valence-corrected chi connectivity index (χ2v) is 12.5. The first kappa shape index (κ1) is 25.5. The Morgan fingerprint density at radius 3 is 2.74 bits per heavy atom. The summed E-state index contributed by atoms with van der Waals surface area (Å²) in [5, 5.41) is 3.68. The average Bonchev–Trinajstić information content (AvgIpc) is 3.74. The highest BCUT2D eigenvalue weighted by Gasteiger charge is 2.42. The first-order chi connectivity index (χ1) is 20.4. The number of halogens is 1. The van der Waals surface area contributed by atoms with E-state index in [1.165, 1.54) is 6.07 Å². The highest BCUT2D eigenvalue weighted by molar-refractivity contribution is 6.32. The second-order valence-electron chi connectivity index (χ2n) is 12.5. The lowest BCUT2D eigenvalue weighted by Gasteiger charge is -2.38. The van der Waals surface area contributed by atoms with Gasteiger partial charge < -0.3 is 24.6 Å². The van der Waals surface area contributed by atoms with Gasteiger partial charge in [-0.25, -0.2) is 14.2 Å². The number of pyridine rings is 1. The lowest BCUT2D eigenvalue weighted by Crippen LogP contribution is -2.45. The van der Waals surface area contributed by atoms with Crippen LogP contribution in [0.1, 0.15) is 36.1 Å². The monoisotopic (exact) mass is 567 g/mol. The van der Waals surface area contributed by atoms with Gasteiger partial charge in [-0.3, -0.25) is 9.20 Å². The molecule has 216 valence electrons. The Bertz CT molecular complexity index is 1790. The van der Waals surface area contributed by atoms with Gasteiger partial charge in [-0.05, 0) is 74.6 Å². The second kappa shape index (κ2) is 9.42. The molecular weight excluding hydrogens is 533 g/mol. The van der Waals surface area contributed by atoms with Crippen LogP contribution in [-0.4, -0.2) is 86.9 Å². The van der Waals surface area contributed by atoms with Crippen LogP contribution in [0.15, 0.2) is 48.9 Å². The van der Waals surface area contributed by atoms with E-state index in [9.17, 15) is 9.59 Å². The Hall–Kier alpha value is -4.18. The molecule has 9 nitrogen and oxygen atoms in total. The number of urea groups is 1. The number of benzene rings is 1. The highest BCUT2D eigenvalue weighted by Crippen LogP contribution is 2.41. The van der Waals surface area contributed by atoms with Crippen molar-refractivity contribution >= 4 is 39.6 Å². The topological polar surface area (TPSA) is 78.1 Å². The van der Waals surface area contributed by atoms with Crippen molar-refractivity contribution < 1.29 is 14.0 Å². The largest absolute Gasteiger partial charge is 0.348 e. The fourth-order valence-corrected chi connectivity index (χ4v) is 7.60. The smallest absolute Gasteiger partial charge is 0.320 e. The zero-order valence-corrected chi connectivity index (χ0v) is 23.8. The third-order valence-electron chi connectivity index (χ3n) is 9.97. The number of likely N-dealkylation sites (tertiary alicyclic amines) is 2. The number of piperidine rings is 1. The van der Waals surface area contributed by atoms with Crippen molar-refractivity contribution in [3.05, 3.63) is 71.6 Å². The molecule has 0 unspecified atom stereocenters. The van der Waals surface area contributed by atoms with Gasteiger partial charge in [-0.2, -0.15) is 0 Å². The molecule has 7 heterocycles. The van der Waals surface area contributed by atoms with Gasteiger partial charge in [-0.1, -0.05) is 6.07 Å². The minimum absolute atomic E-state index is 0.0435. The van der Waals surface area contributed by atoms with E-state index in [0.717, 1.165) is 73.4 Å². The van der Waals surface area contributed by atoms with Crippen molar-refractivity contribution in [2.75, 3.05) is 46.3 Å². The summed E-state index contributed by atoms with van der Waals surface area (Å²) in [4.78, 5) is 37.9. The van der Waals surface area contributed by atoms with Gasteiger partial charge in [0.2, 0.25) is 0 Å². The van der Waals surface area contributed by atoms with Gasteiger partial charge in [0.1, 0.15) is 11.5 Å². The molecular formula is C32H34FN7O2. The van der Waals surface area contributed by atoms with E-state index >= 15 is 4.39 Å². The molecule has 0 atom stereocenters. The van der Waals surface area contributed by atoms with Crippen LogP contribution < -0.4 is 5.32 Å². The number of nitrogens with one attached hydrogen (secondary N) is 1. The maximum absolute atomic E-state index is 15.2. The molecule has 3 aromatic heterocycles. The molecule has 2 saturated heterocycles. The molecule has 8 rings (SSSR count). The van der Waals surface area contributed by atoms with Crippen molar-refractivity contribution in [3.63, 3.8) is 0 Å². The lowest BCUT2D eigenvalue weighted by molar-refractivity contribution is -0.114. The molecule has 4 aliphatic rings. The summed E-state index contributed by atoms with van der Waals surface area (Å²) in [5.74, 6) is -0.543. The summed E-state index contributed by atoms with van der Waals surface area (Å²) in [7, 11) is 2.17. The number of carbonyl (C=O) groups is 2. The standard InChI is InChI=1S/C32H34FN7O2/c1-36-9-5-32(6-10-36)7-11-39(20-32)31(42)38-13-12-37-19-25(23-15-22(33)14-21(18-38)29(23)37)28-24(16-35-30(28)41)26-17-34-27-4-2-3-8-40(26)27/h2-4,8,14-15,17,19H,5-7,9-13,16,18,20H2,1H3,(H,35,41). The Labute approximate surface area is 243 Å². The van der Waals surface area contributed by atoms with Crippen LogP contribution in [0.2, 0.25) is 0 Å². The molecule has 3 amide bonds. The van der Waals surface area contributed by atoms with Gasteiger partial charge >= 0.3 is 6.03 Å². The SMILES string of the molecule is CN1CCC2(CC1)CCN(C(=O)N1CCn3cc(C4=C(c5cnc6ccccn56)CNC4=O)c4cc(F)cc(c43)C1)C2. The van der Waals surface area contributed by atoms with Crippen LogP contribution in [0.3, 0.4) is 0 Å². The third kappa shape index (κ3) is 3.95. The summed E-state index contributed by atoms with van der Waals surface area (Å²) in [6.07, 6.45) is 9.01. The first-order valence-electron chi connectivity index (χ1n) is 14.9. The van der Waals surface area contributed by atoms with E-state index in [-0.39, 0.29) is 23.2 Å². The van der Waals surface area contributed by atoms with Crippen LogP contribution in [0, 0.1) is 11.2 Å². The lowest BCUT2D eigenvalue weighted by atomic mass is 9.78. The fraction of sp³-hybridized carbons (Fsp3) is 0.406. The van der Waals surface area contributed by atoms with Crippen molar-refractivity contribution in [1.82, 2.24) is 34.0 Å². The minimum Gasteiger partial charge on any atom is -0.348 e. The number of amides is 3. The molecule has 1 spiro atoms. The molecule has 4 aromatic rings. The Balaban J connectivity index is 1.14. The van der Waals surface area contributed by atoms with Gasteiger partial charge in [0.25, 0.3) is 5.91 Å². The third-order valence-corrected chi connectivity index (χ3v) is 9.97. The summed E-state index contributed by atoms with van der Waals surface area (Å²) >= 11 is 0. The molecule has 1 aromatic carbocycles. The normalized spacial score (nSPS) is 20.8.